The molecular formula is C22H20N8O. The number of nitrogens with one attached hydrogen (secondary N) is 2. The predicted octanol–water partition coefficient (Wildman–Crippen LogP) is 2.49. The molecule has 0 aromatic carbocycles. The fourth-order valence-corrected chi connectivity index (χ4v) is 3.60. The Kier molecular flexibility index (Phi) is 4.72. The monoisotopic (exact) mass is 412 g/mol. The van der Waals surface area contributed by atoms with E-state index in [0.717, 1.165) is 36.6 Å². The van der Waals surface area contributed by atoms with Crippen molar-refractivity contribution in [3.63, 3.8) is 0 Å². The van der Waals surface area contributed by atoms with Crippen molar-refractivity contribution in [2.45, 2.75) is 31.7 Å². The summed E-state index contributed by atoms with van der Waals surface area (Å²) in [5.74, 6) is 7.48. The van der Waals surface area contributed by atoms with Crippen LogP contribution in [0.15, 0.2) is 24.7 Å². The Hall–Kier alpha value is -3.98. The van der Waals surface area contributed by atoms with E-state index in [2.05, 4.69) is 48.8 Å². The molecule has 154 valence electrons. The zero-order valence-electron chi connectivity index (χ0n) is 17.0. The van der Waals surface area contributed by atoms with Crippen molar-refractivity contribution in [2.24, 2.45) is 11.8 Å². The van der Waals surface area contributed by atoms with E-state index < -0.39 is 0 Å². The van der Waals surface area contributed by atoms with Crippen molar-refractivity contribution in [1.82, 2.24) is 25.0 Å². The first-order chi connectivity index (χ1) is 15.1. The van der Waals surface area contributed by atoms with E-state index in [0.29, 0.717) is 22.7 Å². The fraction of sp³-hybridized carbons (Fsp3) is 0.364. The number of rotatable bonds is 4. The van der Waals surface area contributed by atoms with Gasteiger partial charge in [-0.05, 0) is 31.7 Å². The number of aromatic nitrogens is 5. The van der Waals surface area contributed by atoms with Crippen LogP contribution in [-0.4, -0.2) is 37.9 Å². The summed E-state index contributed by atoms with van der Waals surface area (Å²) in [5.41, 5.74) is 2.06. The van der Waals surface area contributed by atoms with Crippen LogP contribution >= 0.6 is 0 Å². The predicted molar refractivity (Wildman–Crippen MR) is 114 cm³/mol. The summed E-state index contributed by atoms with van der Waals surface area (Å²) < 4.78 is 1.88. The molecule has 0 aliphatic heterocycles. The third-order valence-electron chi connectivity index (χ3n) is 5.68. The van der Waals surface area contributed by atoms with Crippen LogP contribution in [-0.2, 0) is 4.79 Å². The van der Waals surface area contributed by atoms with Gasteiger partial charge in [-0.3, -0.25) is 9.48 Å². The zero-order valence-corrected chi connectivity index (χ0v) is 17.0. The molecule has 3 heterocycles. The van der Waals surface area contributed by atoms with Gasteiger partial charge < -0.3 is 10.6 Å². The molecule has 2 N–H and O–H groups in total. The number of anilines is 2. The van der Waals surface area contributed by atoms with E-state index in [9.17, 15) is 4.79 Å². The second kappa shape index (κ2) is 7.69. The lowest BCUT2D eigenvalue weighted by molar-refractivity contribution is -0.117. The third kappa shape index (κ3) is 3.78. The Balaban J connectivity index is 1.43. The topological polar surface area (TPSA) is 121 Å². The first-order valence-electron chi connectivity index (χ1n) is 10.3. The molecule has 9 nitrogen and oxygen atoms in total. The number of carbonyl (C=O) groups is 1. The van der Waals surface area contributed by atoms with Gasteiger partial charge in [-0.25, -0.2) is 4.98 Å². The lowest BCUT2D eigenvalue weighted by Crippen LogP contribution is -2.25. The van der Waals surface area contributed by atoms with Crippen LogP contribution in [0.25, 0.3) is 10.9 Å². The maximum absolute atomic E-state index is 12.1. The molecule has 1 amide bonds. The standard InChI is InChI=1S/C22H20N8O/c1-24-21-20-18(8-19(28-29-20)27-22(31)15-4-5-15)16(11-25-21)3-2-13-10-26-30(12-13)17-6-14(7-17)9-23/h8,10-12,14-15,17H,4-7H2,1H3,(H,24,25)(H,27,28,31). The Morgan fingerprint density at radius 2 is 2.06 bits per heavy atom. The Bertz CT molecular complexity index is 1270. The van der Waals surface area contributed by atoms with Crippen LogP contribution in [0, 0.1) is 35.0 Å². The van der Waals surface area contributed by atoms with Crippen LogP contribution in [0.5, 0.6) is 0 Å². The highest BCUT2D eigenvalue weighted by Gasteiger charge is 2.31. The molecule has 0 bridgehead atoms. The number of hydrogen-bond donors (Lipinski definition) is 2. The molecule has 9 heteroatoms. The van der Waals surface area contributed by atoms with Gasteiger partial charge in [0.1, 0.15) is 5.52 Å². The van der Waals surface area contributed by atoms with E-state index in [4.69, 9.17) is 5.26 Å². The van der Waals surface area contributed by atoms with Crippen LogP contribution in [0.4, 0.5) is 11.6 Å². The van der Waals surface area contributed by atoms with Gasteiger partial charge in [0.2, 0.25) is 5.91 Å². The van der Waals surface area contributed by atoms with Gasteiger partial charge >= 0.3 is 0 Å². The molecule has 31 heavy (non-hydrogen) atoms. The number of amides is 1. The molecule has 5 rings (SSSR count). The van der Waals surface area contributed by atoms with Crippen LogP contribution in [0.2, 0.25) is 0 Å². The van der Waals surface area contributed by atoms with Gasteiger partial charge in [-0.15, -0.1) is 10.2 Å². The molecule has 2 aliphatic rings. The maximum atomic E-state index is 12.1. The highest BCUT2D eigenvalue weighted by molar-refractivity contribution is 5.97. The van der Waals surface area contributed by atoms with Crippen LogP contribution in [0.3, 0.4) is 0 Å². The van der Waals surface area contributed by atoms with Crippen molar-refractivity contribution in [3.8, 4) is 17.9 Å². The van der Waals surface area contributed by atoms with Crippen molar-refractivity contribution in [3.05, 3.63) is 35.8 Å². The number of nitrogens with zero attached hydrogens (tertiary/aromatic N) is 6. The van der Waals surface area contributed by atoms with E-state index in [1.54, 1.807) is 25.5 Å². The van der Waals surface area contributed by atoms with E-state index >= 15 is 0 Å². The zero-order chi connectivity index (χ0) is 21.4. The van der Waals surface area contributed by atoms with Gasteiger partial charge in [0, 0.05) is 30.7 Å². The lowest BCUT2D eigenvalue weighted by atomic mass is 9.81. The van der Waals surface area contributed by atoms with Crippen molar-refractivity contribution >= 4 is 28.4 Å². The molecule has 0 radical (unpaired) electrons. The van der Waals surface area contributed by atoms with Gasteiger partial charge in [-0.2, -0.15) is 10.4 Å². The minimum atomic E-state index is -0.0220. The highest BCUT2D eigenvalue weighted by atomic mass is 16.2. The summed E-state index contributed by atoms with van der Waals surface area (Å²) in [6, 6.07) is 4.34. The lowest BCUT2D eigenvalue weighted by Gasteiger charge is -2.30. The number of carbonyl (C=O) groups excluding carboxylic acids is 1. The Labute approximate surface area is 178 Å². The molecule has 0 saturated heterocycles. The number of hydrogen-bond acceptors (Lipinski definition) is 7. The second-order valence-corrected chi connectivity index (χ2v) is 7.94. The minimum absolute atomic E-state index is 0.0220. The average molecular weight is 412 g/mol. The van der Waals surface area contributed by atoms with Gasteiger partial charge in [0.25, 0.3) is 0 Å². The third-order valence-corrected chi connectivity index (χ3v) is 5.68. The molecule has 2 saturated carbocycles. The van der Waals surface area contributed by atoms with Crippen molar-refractivity contribution in [1.29, 1.82) is 5.26 Å². The van der Waals surface area contributed by atoms with Gasteiger partial charge in [0.05, 0.1) is 35.4 Å². The molecule has 0 atom stereocenters. The molecule has 2 aliphatic carbocycles. The largest absolute Gasteiger partial charge is 0.371 e. The van der Waals surface area contributed by atoms with E-state index in [1.165, 1.54) is 0 Å². The summed E-state index contributed by atoms with van der Waals surface area (Å²) in [6.45, 7) is 0. The molecule has 0 spiro atoms. The molecule has 3 aromatic rings. The summed E-state index contributed by atoms with van der Waals surface area (Å²) >= 11 is 0. The number of nitriles is 1. The normalized spacial score (nSPS) is 19.6. The minimum Gasteiger partial charge on any atom is -0.371 e. The number of pyridine rings is 1. The SMILES string of the molecule is CNc1ncc(C#Cc2cnn(C3CC(C#N)C3)c2)c2cc(NC(=O)C3CC3)nnc12. The van der Waals surface area contributed by atoms with Crippen molar-refractivity contribution in [2.75, 3.05) is 17.7 Å². The average Bonchev–Trinajstić information content (AvgIpc) is 3.51. The fourth-order valence-electron chi connectivity index (χ4n) is 3.60. The molecule has 2 fully saturated rings. The first kappa shape index (κ1) is 19.0. The summed E-state index contributed by atoms with van der Waals surface area (Å²) in [5, 5.41) is 28.3. The quantitative estimate of drug-likeness (QED) is 0.631. The Morgan fingerprint density at radius 1 is 1.23 bits per heavy atom. The summed E-state index contributed by atoms with van der Waals surface area (Å²) in [6.07, 6.45) is 8.82. The highest BCUT2D eigenvalue weighted by Crippen LogP contribution is 2.36. The maximum Gasteiger partial charge on any atom is 0.228 e. The van der Waals surface area contributed by atoms with Crippen LogP contribution < -0.4 is 10.6 Å². The molecule has 3 aromatic heterocycles. The van der Waals surface area contributed by atoms with Crippen LogP contribution in [0.1, 0.15) is 42.9 Å². The van der Waals surface area contributed by atoms with E-state index in [1.807, 2.05) is 10.9 Å². The Morgan fingerprint density at radius 3 is 2.81 bits per heavy atom. The smallest absolute Gasteiger partial charge is 0.228 e. The summed E-state index contributed by atoms with van der Waals surface area (Å²) in [4.78, 5) is 16.5. The first-order valence-corrected chi connectivity index (χ1v) is 10.3. The van der Waals surface area contributed by atoms with E-state index in [-0.39, 0.29) is 23.8 Å². The summed E-state index contributed by atoms with van der Waals surface area (Å²) in [7, 11) is 1.77. The molecule has 0 unspecified atom stereocenters. The van der Waals surface area contributed by atoms with Gasteiger partial charge in [-0.1, -0.05) is 11.8 Å². The molecular weight excluding hydrogens is 392 g/mol. The number of fused-ring (bicyclic) bond motifs is 1. The van der Waals surface area contributed by atoms with Gasteiger partial charge in [0.15, 0.2) is 11.6 Å². The second-order valence-electron chi connectivity index (χ2n) is 7.94. The van der Waals surface area contributed by atoms with Crippen molar-refractivity contribution < 1.29 is 4.79 Å².